The molecule has 0 aliphatic heterocycles. The van der Waals surface area contributed by atoms with E-state index in [9.17, 15) is 4.39 Å². The average molecular weight is 161 g/mol. The normalized spacial score (nSPS) is 9.40. The number of hydrogen-bond acceptors (Lipinski definition) is 2. The number of nitrogens with one attached hydrogen (secondary N) is 1. The molecule has 0 bridgehead atoms. The highest BCUT2D eigenvalue weighted by Gasteiger charge is 1.96. The first-order valence-electron chi connectivity index (χ1n) is 2.65. The highest BCUT2D eigenvalue weighted by atomic mass is 35.5. The first-order valence-corrected chi connectivity index (χ1v) is 3.03. The molecular weight excluding hydrogens is 155 g/mol. The highest BCUT2D eigenvalue weighted by Crippen LogP contribution is 2.19. The summed E-state index contributed by atoms with van der Waals surface area (Å²) in [5.41, 5.74) is 6.16. The van der Waals surface area contributed by atoms with Crippen molar-refractivity contribution in [1.29, 1.82) is 0 Å². The predicted molar refractivity (Wildman–Crippen MR) is 40.3 cm³/mol. The van der Waals surface area contributed by atoms with E-state index in [2.05, 4.69) is 4.84 Å². The van der Waals surface area contributed by atoms with Gasteiger partial charge in [-0.1, -0.05) is 0 Å². The van der Waals surface area contributed by atoms with E-state index >= 15 is 0 Å². The Kier molecular flexibility index (Phi) is 1.97. The Morgan fingerprint density at radius 1 is 1.50 bits per heavy atom. The second kappa shape index (κ2) is 2.75. The quantitative estimate of drug-likeness (QED) is 0.487. The second-order valence-electron chi connectivity index (χ2n) is 1.83. The third-order valence-electron chi connectivity index (χ3n) is 1.12. The average Bonchev–Trinajstić information content (AvgIpc) is 1.88. The van der Waals surface area contributed by atoms with Crippen molar-refractivity contribution in [2.24, 2.45) is 0 Å². The van der Waals surface area contributed by atoms with E-state index in [1.54, 1.807) is 0 Å². The molecule has 0 aliphatic rings. The number of hydrogen-bond donors (Lipinski definition) is 2. The SMILES string of the molecule is Nc1cc(F)ccc1NCl. The maximum Gasteiger partial charge on any atom is 0.125 e. The van der Waals surface area contributed by atoms with Crippen LogP contribution in [0.5, 0.6) is 0 Å². The maximum absolute atomic E-state index is 12.3. The predicted octanol–water partition coefficient (Wildman–Crippen LogP) is 1.97. The zero-order chi connectivity index (χ0) is 7.56. The fourth-order valence-corrected chi connectivity index (χ4v) is 0.792. The van der Waals surface area contributed by atoms with Gasteiger partial charge in [0.25, 0.3) is 0 Å². The summed E-state index contributed by atoms with van der Waals surface area (Å²) < 4.78 is 12.3. The van der Waals surface area contributed by atoms with Crippen LogP contribution in [0, 0.1) is 5.82 Å². The van der Waals surface area contributed by atoms with E-state index in [0.717, 1.165) is 0 Å². The van der Waals surface area contributed by atoms with Crippen LogP contribution < -0.4 is 10.6 Å². The number of benzene rings is 1. The second-order valence-corrected chi connectivity index (χ2v) is 2.02. The Bertz CT molecular complexity index is 239. The molecule has 0 heterocycles. The van der Waals surface area contributed by atoms with Crippen molar-refractivity contribution in [3.63, 3.8) is 0 Å². The van der Waals surface area contributed by atoms with Gasteiger partial charge in [-0.05, 0) is 18.2 Å². The molecule has 3 N–H and O–H groups in total. The third-order valence-corrected chi connectivity index (χ3v) is 1.32. The summed E-state index contributed by atoms with van der Waals surface area (Å²) in [6.07, 6.45) is 0. The van der Waals surface area contributed by atoms with Gasteiger partial charge in [0.15, 0.2) is 0 Å². The van der Waals surface area contributed by atoms with Crippen molar-refractivity contribution in [3.8, 4) is 0 Å². The van der Waals surface area contributed by atoms with Crippen molar-refractivity contribution in [2.45, 2.75) is 0 Å². The molecule has 0 saturated carbocycles. The Labute approximate surface area is 62.9 Å². The van der Waals surface area contributed by atoms with E-state index in [1.165, 1.54) is 18.2 Å². The lowest BCUT2D eigenvalue weighted by molar-refractivity contribution is 0.629. The Balaban J connectivity index is 3.07. The van der Waals surface area contributed by atoms with Crippen molar-refractivity contribution < 1.29 is 4.39 Å². The van der Waals surface area contributed by atoms with E-state index in [0.29, 0.717) is 11.4 Å². The summed E-state index contributed by atoms with van der Waals surface area (Å²) in [7, 11) is 0. The summed E-state index contributed by atoms with van der Waals surface area (Å²) in [5, 5.41) is 0. The molecule has 0 saturated heterocycles. The Morgan fingerprint density at radius 3 is 2.70 bits per heavy atom. The van der Waals surface area contributed by atoms with Gasteiger partial charge >= 0.3 is 0 Å². The minimum atomic E-state index is -0.367. The standard InChI is InChI=1S/C6H6ClFN2/c7-10-6-2-1-4(8)3-5(6)9/h1-3,10H,9H2. The molecule has 1 aromatic carbocycles. The van der Waals surface area contributed by atoms with E-state index < -0.39 is 0 Å². The number of anilines is 2. The topological polar surface area (TPSA) is 38.0 Å². The molecule has 0 spiro atoms. The molecular formula is C6H6ClFN2. The van der Waals surface area contributed by atoms with E-state index in [4.69, 9.17) is 17.5 Å². The van der Waals surface area contributed by atoms with Crippen LogP contribution in [-0.2, 0) is 0 Å². The number of rotatable bonds is 1. The molecule has 54 valence electrons. The summed E-state index contributed by atoms with van der Waals surface area (Å²) in [4.78, 5) is 2.30. The van der Waals surface area contributed by atoms with Crippen LogP contribution in [0.25, 0.3) is 0 Å². The first-order chi connectivity index (χ1) is 4.74. The fourth-order valence-electron chi connectivity index (χ4n) is 0.620. The highest BCUT2D eigenvalue weighted by molar-refractivity contribution is 6.24. The van der Waals surface area contributed by atoms with Crippen LogP contribution in [0.4, 0.5) is 15.8 Å². The number of nitrogens with two attached hydrogens (primary N) is 1. The summed E-state index contributed by atoms with van der Waals surface area (Å²) in [6.45, 7) is 0. The van der Waals surface area contributed by atoms with Crippen LogP contribution in [0.1, 0.15) is 0 Å². The van der Waals surface area contributed by atoms with Crippen LogP contribution in [-0.4, -0.2) is 0 Å². The van der Waals surface area contributed by atoms with Crippen LogP contribution in [0.2, 0.25) is 0 Å². The molecule has 1 aromatic rings. The van der Waals surface area contributed by atoms with Gasteiger partial charge in [0.1, 0.15) is 5.82 Å². The van der Waals surface area contributed by atoms with Gasteiger partial charge in [0, 0.05) is 11.8 Å². The van der Waals surface area contributed by atoms with Crippen molar-refractivity contribution >= 4 is 23.2 Å². The molecule has 0 aromatic heterocycles. The number of nitrogen functional groups attached to an aromatic ring is 1. The first kappa shape index (κ1) is 7.15. The minimum Gasteiger partial charge on any atom is -0.397 e. The van der Waals surface area contributed by atoms with Gasteiger partial charge in [-0.15, -0.1) is 0 Å². The summed E-state index contributed by atoms with van der Waals surface area (Å²) >= 11 is 5.23. The van der Waals surface area contributed by atoms with Gasteiger partial charge in [0.2, 0.25) is 0 Å². The fraction of sp³-hybridized carbons (Fsp3) is 0. The molecule has 2 nitrogen and oxygen atoms in total. The molecule has 0 amide bonds. The van der Waals surface area contributed by atoms with Crippen LogP contribution >= 0.6 is 11.8 Å². The van der Waals surface area contributed by atoms with Gasteiger partial charge in [-0.25, -0.2) is 4.39 Å². The summed E-state index contributed by atoms with van der Waals surface area (Å²) in [6, 6.07) is 3.95. The molecule has 1 rings (SSSR count). The van der Waals surface area contributed by atoms with Gasteiger partial charge < -0.3 is 5.73 Å². The lowest BCUT2D eigenvalue weighted by Gasteiger charge is -2.00. The Hall–Kier alpha value is -0.960. The van der Waals surface area contributed by atoms with Gasteiger partial charge in [0.05, 0.1) is 11.4 Å². The van der Waals surface area contributed by atoms with Crippen molar-refractivity contribution in [3.05, 3.63) is 24.0 Å². The molecule has 0 unspecified atom stereocenters. The van der Waals surface area contributed by atoms with Crippen LogP contribution in [0.3, 0.4) is 0 Å². The lowest BCUT2D eigenvalue weighted by Crippen LogP contribution is -1.91. The molecule has 0 atom stereocenters. The summed E-state index contributed by atoms with van der Waals surface area (Å²) in [5.74, 6) is -0.367. The monoisotopic (exact) mass is 160 g/mol. The molecule has 0 fully saturated rings. The zero-order valence-electron chi connectivity index (χ0n) is 5.07. The molecule has 0 radical (unpaired) electrons. The molecule has 4 heteroatoms. The molecule has 10 heavy (non-hydrogen) atoms. The van der Waals surface area contributed by atoms with Gasteiger partial charge in [-0.3, -0.25) is 4.84 Å². The van der Waals surface area contributed by atoms with Gasteiger partial charge in [-0.2, -0.15) is 0 Å². The third kappa shape index (κ3) is 1.30. The minimum absolute atomic E-state index is 0.301. The zero-order valence-corrected chi connectivity index (χ0v) is 5.82. The smallest absolute Gasteiger partial charge is 0.125 e. The largest absolute Gasteiger partial charge is 0.397 e. The maximum atomic E-state index is 12.3. The van der Waals surface area contributed by atoms with Crippen molar-refractivity contribution in [2.75, 3.05) is 10.6 Å². The lowest BCUT2D eigenvalue weighted by atomic mass is 10.3. The Morgan fingerprint density at radius 2 is 2.20 bits per heavy atom. The van der Waals surface area contributed by atoms with E-state index in [1.807, 2.05) is 0 Å². The van der Waals surface area contributed by atoms with Crippen molar-refractivity contribution in [1.82, 2.24) is 0 Å². The van der Waals surface area contributed by atoms with Crippen LogP contribution in [0.15, 0.2) is 18.2 Å². The molecule has 0 aliphatic carbocycles. The van der Waals surface area contributed by atoms with E-state index in [-0.39, 0.29) is 5.82 Å². The number of halogens is 2.